The van der Waals surface area contributed by atoms with Crippen molar-refractivity contribution in [2.45, 2.75) is 6.92 Å². The van der Waals surface area contributed by atoms with Crippen LogP contribution < -0.4 is 10.1 Å². The van der Waals surface area contributed by atoms with E-state index >= 15 is 0 Å². The van der Waals surface area contributed by atoms with Gasteiger partial charge in [-0.25, -0.2) is 4.39 Å². The molecule has 0 aliphatic heterocycles. The number of halogens is 1. The molecule has 19 heavy (non-hydrogen) atoms. The Morgan fingerprint density at radius 1 is 1.21 bits per heavy atom. The summed E-state index contributed by atoms with van der Waals surface area (Å²) in [5.41, 5.74) is 0.910. The molecule has 0 atom stereocenters. The molecule has 0 aliphatic carbocycles. The number of rotatable bonds is 3. The first-order chi connectivity index (χ1) is 9.17. The summed E-state index contributed by atoms with van der Waals surface area (Å²) in [5, 5.41) is 3.11. The lowest BCUT2D eigenvalue weighted by atomic mass is 10.3. The molecule has 0 fully saturated rings. The van der Waals surface area contributed by atoms with E-state index in [9.17, 15) is 4.39 Å². The summed E-state index contributed by atoms with van der Waals surface area (Å²) in [6.45, 7) is 1.88. The van der Waals surface area contributed by atoms with Gasteiger partial charge in [-0.2, -0.15) is 0 Å². The van der Waals surface area contributed by atoms with Crippen molar-refractivity contribution < 1.29 is 9.13 Å². The van der Waals surface area contributed by atoms with Crippen LogP contribution in [0.1, 0.15) is 6.92 Å². The van der Waals surface area contributed by atoms with Crippen LogP contribution in [0.3, 0.4) is 0 Å². The number of pyridine rings is 1. The highest BCUT2D eigenvalue weighted by molar-refractivity contribution is 5.93. The molecule has 1 heterocycles. The van der Waals surface area contributed by atoms with Gasteiger partial charge in [0.15, 0.2) is 0 Å². The lowest BCUT2D eigenvalue weighted by molar-refractivity contribution is 0.473. The van der Waals surface area contributed by atoms with Gasteiger partial charge in [0.1, 0.15) is 17.3 Å². The Bertz CT molecular complexity index is 581. The Hall–Kier alpha value is -2.43. The molecule has 0 saturated carbocycles. The molecule has 1 N–H and O–H groups in total. The Morgan fingerprint density at radius 3 is 2.58 bits per heavy atom. The smallest absolute Gasteiger partial charge is 0.148 e. The average molecular weight is 259 g/mol. The number of hydrogen-bond acceptors (Lipinski definition) is 3. The van der Waals surface area contributed by atoms with E-state index in [0.717, 1.165) is 17.7 Å². The maximum atomic E-state index is 13.0. The predicted octanol–water partition coefficient (Wildman–Crippen LogP) is 3.47. The largest absolute Gasteiger partial charge is 0.456 e. The second-order valence-corrected chi connectivity index (χ2v) is 3.90. The molecule has 2 rings (SSSR count). The summed E-state index contributed by atoms with van der Waals surface area (Å²) in [7, 11) is 1.72. The van der Waals surface area contributed by atoms with E-state index in [2.05, 4.69) is 15.3 Å². The van der Waals surface area contributed by atoms with Crippen LogP contribution in [0.5, 0.6) is 11.5 Å². The lowest BCUT2D eigenvalue weighted by Gasteiger charge is -2.08. The summed E-state index contributed by atoms with van der Waals surface area (Å²) in [6.07, 6.45) is 2.59. The number of nitrogens with zero attached hydrogens (tertiary/aromatic N) is 2. The molecule has 2 aromatic rings. The van der Waals surface area contributed by atoms with Crippen LogP contribution in [-0.2, 0) is 0 Å². The number of aromatic nitrogens is 1. The zero-order valence-corrected chi connectivity index (χ0v) is 10.7. The van der Waals surface area contributed by atoms with Crippen LogP contribution in [0, 0.1) is 5.82 Å². The average Bonchev–Trinajstić information content (AvgIpc) is 2.41. The maximum Gasteiger partial charge on any atom is 0.148 e. The van der Waals surface area contributed by atoms with E-state index in [1.165, 1.54) is 12.3 Å². The highest BCUT2D eigenvalue weighted by Gasteiger charge is 2.00. The number of anilines is 1. The quantitative estimate of drug-likeness (QED) is 0.678. The van der Waals surface area contributed by atoms with Gasteiger partial charge in [0, 0.05) is 18.8 Å². The van der Waals surface area contributed by atoms with Gasteiger partial charge in [-0.05, 0) is 31.2 Å². The third-order valence-electron chi connectivity index (χ3n) is 2.43. The van der Waals surface area contributed by atoms with E-state index < -0.39 is 5.82 Å². The summed E-state index contributed by atoms with van der Waals surface area (Å²) in [5.74, 6) is 1.38. The first kappa shape index (κ1) is 13.0. The Kier molecular flexibility index (Phi) is 4.07. The number of benzene rings is 1. The van der Waals surface area contributed by atoms with Gasteiger partial charge in [0.2, 0.25) is 0 Å². The summed E-state index contributed by atoms with van der Waals surface area (Å²) >= 11 is 0. The van der Waals surface area contributed by atoms with Crippen LogP contribution in [-0.4, -0.2) is 17.9 Å². The highest BCUT2D eigenvalue weighted by atomic mass is 19.1. The molecule has 0 amide bonds. The van der Waals surface area contributed by atoms with Gasteiger partial charge in [-0.3, -0.25) is 9.98 Å². The second-order valence-electron chi connectivity index (χ2n) is 3.90. The topological polar surface area (TPSA) is 46.5 Å². The fourth-order valence-corrected chi connectivity index (χ4v) is 1.46. The molecule has 0 unspecified atom stereocenters. The SMILES string of the molecule is CN=C(C)Nc1ccc(Oc2cncc(F)c2)cc1. The monoisotopic (exact) mass is 259 g/mol. The van der Waals surface area contributed by atoms with Gasteiger partial charge in [0.05, 0.1) is 18.2 Å². The van der Waals surface area contributed by atoms with Crippen molar-refractivity contribution in [3.8, 4) is 11.5 Å². The van der Waals surface area contributed by atoms with Crippen LogP contribution >= 0.6 is 0 Å². The normalized spacial score (nSPS) is 11.2. The molecule has 1 aromatic carbocycles. The minimum atomic E-state index is -0.425. The Labute approximate surface area is 111 Å². The van der Waals surface area contributed by atoms with Crippen molar-refractivity contribution in [2.24, 2.45) is 4.99 Å². The van der Waals surface area contributed by atoms with Gasteiger partial charge >= 0.3 is 0 Å². The van der Waals surface area contributed by atoms with Crippen molar-refractivity contribution in [1.29, 1.82) is 0 Å². The van der Waals surface area contributed by atoms with Crippen LogP contribution in [0.4, 0.5) is 10.1 Å². The standard InChI is InChI=1S/C14H14FN3O/c1-10(16-2)18-12-3-5-13(6-4-12)19-14-7-11(15)8-17-9-14/h3-9H,1-2H3,(H,16,18). The van der Waals surface area contributed by atoms with Crippen molar-refractivity contribution in [3.05, 3.63) is 48.5 Å². The first-order valence-corrected chi connectivity index (χ1v) is 5.76. The first-order valence-electron chi connectivity index (χ1n) is 5.76. The van der Waals surface area contributed by atoms with Crippen molar-refractivity contribution >= 4 is 11.5 Å². The molecule has 0 radical (unpaired) electrons. The molecule has 0 spiro atoms. The van der Waals surface area contributed by atoms with Crippen LogP contribution in [0.15, 0.2) is 47.7 Å². The predicted molar refractivity (Wildman–Crippen MR) is 73.4 cm³/mol. The van der Waals surface area contributed by atoms with Crippen LogP contribution in [0.2, 0.25) is 0 Å². The van der Waals surface area contributed by atoms with E-state index in [1.54, 1.807) is 19.2 Å². The number of aliphatic imine (C=N–C) groups is 1. The fraction of sp³-hybridized carbons (Fsp3) is 0.143. The summed E-state index contributed by atoms with van der Waals surface area (Å²) in [6, 6.07) is 8.58. The molecule has 98 valence electrons. The van der Waals surface area contributed by atoms with Gasteiger partial charge in [-0.15, -0.1) is 0 Å². The Morgan fingerprint density at radius 2 is 1.95 bits per heavy atom. The molecule has 0 bridgehead atoms. The lowest BCUT2D eigenvalue weighted by Crippen LogP contribution is -2.06. The minimum absolute atomic E-state index is 0.368. The minimum Gasteiger partial charge on any atom is -0.456 e. The number of nitrogens with one attached hydrogen (secondary N) is 1. The molecule has 4 nitrogen and oxygen atoms in total. The molecule has 0 saturated heterocycles. The van der Waals surface area contributed by atoms with Crippen molar-refractivity contribution in [1.82, 2.24) is 4.98 Å². The zero-order chi connectivity index (χ0) is 13.7. The second kappa shape index (κ2) is 5.95. The van der Waals surface area contributed by atoms with Gasteiger partial charge in [-0.1, -0.05) is 0 Å². The summed E-state index contributed by atoms with van der Waals surface area (Å²) < 4.78 is 18.4. The molecule has 0 aliphatic rings. The number of ether oxygens (including phenoxy) is 1. The van der Waals surface area contributed by atoms with E-state index in [1.807, 2.05) is 19.1 Å². The van der Waals surface area contributed by atoms with Crippen LogP contribution in [0.25, 0.3) is 0 Å². The third-order valence-corrected chi connectivity index (χ3v) is 2.43. The summed E-state index contributed by atoms with van der Waals surface area (Å²) in [4.78, 5) is 7.73. The third kappa shape index (κ3) is 3.77. The molecule has 5 heteroatoms. The van der Waals surface area contributed by atoms with Gasteiger partial charge in [0.25, 0.3) is 0 Å². The van der Waals surface area contributed by atoms with E-state index in [4.69, 9.17) is 4.74 Å². The van der Waals surface area contributed by atoms with Crippen molar-refractivity contribution in [2.75, 3.05) is 12.4 Å². The maximum absolute atomic E-state index is 13.0. The van der Waals surface area contributed by atoms with Gasteiger partial charge < -0.3 is 10.1 Å². The van der Waals surface area contributed by atoms with E-state index in [0.29, 0.717) is 11.5 Å². The Balaban J connectivity index is 2.06. The number of amidine groups is 1. The fourth-order valence-electron chi connectivity index (χ4n) is 1.46. The van der Waals surface area contributed by atoms with E-state index in [-0.39, 0.29) is 0 Å². The molecular weight excluding hydrogens is 245 g/mol. The number of hydrogen-bond donors (Lipinski definition) is 1. The zero-order valence-electron chi connectivity index (χ0n) is 10.7. The van der Waals surface area contributed by atoms with Crippen molar-refractivity contribution in [3.63, 3.8) is 0 Å². The highest BCUT2D eigenvalue weighted by Crippen LogP contribution is 2.22. The molecule has 1 aromatic heterocycles. The molecular formula is C14H14FN3O.